The fraction of sp³-hybridized carbons (Fsp3) is 0.143. The van der Waals surface area contributed by atoms with Crippen molar-refractivity contribution >= 4 is 16.7 Å². The van der Waals surface area contributed by atoms with E-state index in [1.807, 2.05) is 54.7 Å². The molecule has 182 valence electrons. The van der Waals surface area contributed by atoms with Gasteiger partial charge >= 0.3 is 0 Å². The maximum Gasteiger partial charge on any atom is 0.211 e. The molecule has 0 aliphatic rings. The molecule has 0 saturated carbocycles. The second-order valence-electron chi connectivity index (χ2n) is 8.07. The van der Waals surface area contributed by atoms with Crippen LogP contribution >= 0.6 is 0 Å². The van der Waals surface area contributed by atoms with Crippen LogP contribution in [0.3, 0.4) is 0 Å². The number of imidazole rings is 1. The lowest BCUT2D eigenvalue weighted by Crippen LogP contribution is -2.04. The van der Waals surface area contributed by atoms with E-state index < -0.39 is 0 Å². The number of rotatable bonds is 9. The van der Waals surface area contributed by atoms with Crippen molar-refractivity contribution in [2.24, 2.45) is 0 Å². The summed E-state index contributed by atoms with van der Waals surface area (Å²) in [7, 11) is 4.53. The predicted molar refractivity (Wildman–Crippen MR) is 136 cm³/mol. The first-order valence-corrected chi connectivity index (χ1v) is 11.3. The van der Waals surface area contributed by atoms with Crippen molar-refractivity contribution in [3.63, 3.8) is 0 Å². The van der Waals surface area contributed by atoms with Gasteiger partial charge in [0.1, 0.15) is 23.9 Å². The van der Waals surface area contributed by atoms with Crippen LogP contribution in [0.4, 0.5) is 0 Å². The van der Waals surface area contributed by atoms with E-state index >= 15 is 0 Å². The summed E-state index contributed by atoms with van der Waals surface area (Å²) in [5.74, 6) is 2.29. The number of carbonyl (C=O) groups is 1. The minimum absolute atomic E-state index is 0.250. The van der Waals surface area contributed by atoms with E-state index in [-0.39, 0.29) is 5.78 Å². The minimum Gasteiger partial charge on any atom is -0.493 e. The Morgan fingerprint density at radius 3 is 2.36 bits per heavy atom. The van der Waals surface area contributed by atoms with E-state index in [4.69, 9.17) is 18.9 Å². The number of hydrogen-bond donors (Lipinski definition) is 2. The van der Waals surface area contributed by atoms with Crippen LogP contribution in [0.15, 0.2) is 73.1 Å². The number of fused-ring (bicyclic) bond motifs is 1. The molecule has 0 amide bonds. The third-order valence-corrected chi connectivity index (χ3v) is 5.90. The highest BCUT2D eigenvalue weighted by molar-refractivity contribution is 6.09. The van der Waals surface area contributed by atoms with Crippen molar-refractivity contribution in [1.29, 1.82) is 0 Å². The lowest BCUT2D eigenvalue weighted by atomic mass is 10.1. The van der Waals surface area contributed by atoms with Gasteiger partial charge in [0.05, 0.1) is 27.5 Å². The van der Waals surface area contributed by atoms with Gasteiger partial charge < -0.3 is 28.9 Å². The monoisotopic (exact) mass is 483 g/mol. The van der Waals surface area contributed by atoms with Crippen LogP contribution < -0.4 is 18.9 Å². The quantitative estimate of drug-likeness (QED) is 0.273. The lowest BCUT2D eigenvalue weighted by molar-refractivity contribution is 0.103. The second-order valence-corrected chi connectivity index (χ2v) is 8.07. The molecule has 3 aromatic carbocycles. The first kappa shape index (κ1) is 23.0. The number of hydrogen-bond acceptors (Lipinski definition) is 6. The van der Waals surface area contributed by atoms with Crippen molar-refractivity contribution in [3.8, 4) is 34.4 Å². The molecule has 8 nitrogen and oxygen atoms in total. The molecule has 0 atom stereocenters. The maximum absolute atomic E-state index is 13.3. The topological polar surface area (TPSA) is 98.5 Å². The molecule has 0 spiro atoms. The van der Waals surface area contributed by atoms with Crippen LogP contribution in [-0.4, -0.2) is 42.1 Å². The Kier molecular flexibility index (Phi) is 6.32. The number of methoxy groups -OCH3 is 3. The Hall–Kier alpha value is -4.72. The van der Waals surface area contributed by atoms with Crippen LogP contribution in [0.2, 0.25) is 0 Å². The Bertz CT molecular complexity index is 1500. The fourth-order valence-electron chi connectivity index (χ4n) is 4.07. The number of aromatic nitrogens is 3. The van der Waals surface area contributed by atoms with Crippen LogP contribution in [0.25, 0.3) is 22.3 Å². The number of H-pyrrole nitrogens is 2. The van der Waals surface area contributed by atoms with Crippen LogP contribution in [-0.2, 0) is 6.61 Å². The standard InChI is InChI=1S/C28H25N3O5/c1-33-24-11-18(12-25(34-2)27(24)35-3)26(32)23-15-30-28(31-23)21-14-29-22-10-9-19(13-20(21)22)36-16-17-7-5-4-6-8-17/h4-15,29H,16H2,1-3H3,(H,30,31). The molecule has 2 N–H and O–H groups in total. The summed E-state index contributed by atoms with van der Waals surface area (Å²) in [5.41, 5.74) is 3.58. The van der Waals surface area contributed by atoms with Crippen molar-refractivity contribution in [3.05, 3.63) is 89.9 Å². The molecule has 0 aliphatic carbocycles. The van der Waals surface area contributed by atoms with Gasteiger partial charge in [-0.05, 0) is 35.9 Å². The van der Waals surface area contributed by atoms with Crippen LogP contribution in [0, 0.1) is 0 Å². The SMILES string of the molecule is COc1cc(C(=O)c2cnc(-c3c[nH]c4ccc(OCc5ccccc5)cc34)[nH]2)cc(OC)c1OC. The number of benzene rings is 3. The van der Waals surface area contributed by atoms with Gasteiger partial charge in [-0.3, -0.25) is 4.79 Å². The lowest BCUT2D eigenvalue weighted by Gasteiger charge is -2.13. The van der Waals surface area contributed by atoms with Crippen LogP contribution in [0.5, 0.6) is 23.0 Å². The first-order valence-electron chi connectivity index (χ1n) is 11.3. The van der Waals surface area contributed by atoms with E-state index in [9.17, 15) is 4.79 Å². The van der Waals surface area contributed by atoms with E-state index in [1.165, 1.54) is 27.5 Å². The summed E-state index contributed by atoms with van der Waals surface area (Å²) in [6.07, 6.45) is 3.38. The van der Waals surface area contributed by atoms with Crippen molar-refractivity contribution in [2.45, 2.75) is 6.61 Å². The summed E-state index contributed by atoms with van der Waals surface area (Å²) >= 11 is 0. The van der Waals surface area contributed by atoms with E-state index in [1.54, 1.807) is 12.1 Å². The molecule has 2 heterocycles. The zero-order chi connectivity index (χ0) is 25.1. The van der Waals surface area contributed by atoms with Gasteiger partial charge in [0.15, 0.2) is 11.5 Å². The zero-order valence-electron chi connectivity index (χ0n) is 20.1. The molecule has 0 fully saturated rings. The molecular weight excluding hydrogens is 458 g/mol. The molecule has 0 unspecified atom stereocenters. The Balaban J connectivity index is 1.42. The third-order valence-electron chi connectivity index (χ3n) is 5.90. The van der Waals surface area contributed by atoms with Gasteiger partial charge in [0, 0.05) is 28.2 Å². The Morgan fingerprint density at radius 1 is 0.917 bits per heavy atom. The first-order chi connectivity index (χ1) is 17.6. The smallest absolute Gasteiger partial charge is 0.211 e. The average molecular weight is 484 g/mol. The Morgan fingerprint density at radius 2 is 1.67 bits per heavy atom. The number of carbonyl (C=O) groups excluding carboxylic acids is 1. The summed E-state index contributed by atoms with van der Waals surface area (Å²) in [5, 5.41) is 0.932. The third kappa shape index (κ3) is 4.36. The molecule has 0 bridgehead atoms. The van der Waals surface area contributed by atoms with Crippen molar-refractivity contribution < 1.29 is 23.7 Å². The highest BCUT2D eigenvalue weighted by atomic mass is 16.5. The van der Waals surface area contributed by atoms with Crippen molar-refractivity contribution in [2.75, 3.05) is 21.3 Å². The van der Waals surface area contributed by atoms with E-state index in [2.05, 4.69) is 15.0 Å². The summed E-state index contributed by atoms with van der Waals surface area (Å²) in [4.78, 5) is 24.1. The van der Waals surface area contributed by atoms with Gasteiger partial charge in [0.2, 0.25) is 11.5 Å². The number of ether oxygens (including phenoxy) is 4. The molecular formula is C28H25N3O5. The molecule has 5 aromatic rings. The maximum atomic E-state index is 13.3. The second kappa shape index (κ2) is 9.87. The fourth-order valence-corrected chi connectivity index (χ4v) is 4.07. The van der Waals surface area contributed by atoms with E-state index in [0.29, 0.717) is 40.9 Å². The highest BCUT2D eigenvalue weighted by Gasteiger charge is 2.20. The molecule has 2 aromatic heterocycles. The molecule has 8 heteroatoms. The number of ketones is 1. The normalized spacial score (nSPS) is 10.9. The van der Waals surface area contributed by atoms with Gasteiger partial charge in [-0.25, -0.2) is 4.98 Å². The van der Waals surface area contributed by atoms with Crippen LogP contribution in [0.1, 0.15) is 21.6 Å². The summed E-state index contributed by atoms with van der Waals surface area (Å²) in [6, 6.07) is 19.1. The molecule has 0 aliphatic heterocycles. The number of aromatic amines is 2. The van der Waals surface area contributed by atoms with Gasteiger partial charge in [-0.1, -0.05) is 30.3 Å². The average Bonchev–Trinajstić information content (AvgIpc) is 3.58. The van der Waals surface area contributed by atoms with Gasteiger partial charge in [-0.15, -0.1) is 0 Å². The molecule has 0 radical (unpaired) electrons. The molecule has 5 rings (SSSR count). The minimum atomic E-state index is -0.250. The van der Waals surface area contributed by atoms with E-state index in [0.717, 1.165) is 27.8 Å². The zero-order valence-corrected chi connectivity index (χ0v) is 20.1. The largest absolute Gasteiger partial charge is 0.493 e. The number of nitrogens with one attached hydrogen (secondary N) is 2. The Labute approximate surface area is 207 Å². The van der Waals surface area contributed by atoms with Gasteiger partial charge in [0.25, 0.3) is 0 Å². The number of nitrogens with zero attached hydrogens (tertiary/aromatic N) is 1. The predicted octanol–water partition coefficient (Wildman–Crippen LogP) is 5.39. The molecule has 0 saturated heterocycles. The van der Waals surface area contributed by atoms with Crippen molar-refractivity contribution in [1.82, 2.24) is 15.0 Å². The molecule has 36 heavy (non-hydrogen) atoms. The van der Waals surface area contributed by atoms with Gasteiger partial charge in [-0.2, -0.15) is 0 Å². The highest BCUT2D eigenvalue weighted by Crippen LogP contribution is 2.39. The summed E-state index contributed by atoms with van der Waals surface area (Å²) in [6.45, 7) is 0.473. The summed E-state index contributed by atoms with van der Waals surface area (Å²) < 4.78 is 22.1.